The van der Waals surface area contributed by atoms with Crippen molar-refractivity contribution in [3.05, 3.63) is 40.1 Å². The molecule has 1 aromatic carbocycles. The number of aromatic nitrogens is 2. The molecule has 6 nitrogen and oxygen atoms in total. The predicted octanol–water partition coefficient (Wildman–Crippen LogP) is 4.86. The number of nitrogens with one attached hydrogen (secondary N) is 1. The lowest BCUT2D eigenvalue weighted by atomic mass is 10.1. The van der Waals surface area contributed by atoms with Crippen LogP contribution < -0.4 is 10.2 Å². The lowest BCUT2D eigenvalue weighted by Crippen LogP contribution is -2.24. The van der Waals surface area contributed by atoms with Gasteiger partial charge in [-0.2, -0.15) is 18.2 Å². The number of carboxylic acids is 1. The molecule has 0 spiro atoms. The quantitative estimate of drug-likeness (QED) is 0.713. The first-order valence-electron chi connectivity index (χ1n) is 10.2. The molecule has 1 fully saturated rings. The molecular formula is C22H27F3N4O2. The topological polar surface area (TPSA) is 78.4 Å². The number of carbonyl (C=O) groups is 1. The zero-order valence-corrected chi connectivity index (χ0v) is 18.1. The highest BCUT2D eigenvalue weighted by Crippen LogP contribution is 2.36. The van der Waals surface area contributed by atoms with Gasteiger partial charge in [0.2, 0.25) is 5.95 Å². The van der Waals surface area contributed by atoms with Crippen LogP contribution in [0.4, 0.5) is 30.6 Å². The molecule has 2 N–H and O–H groups in total. The third kappa shape index (κ3) is 5.65. The Labute approximate surface area is 179 Å². The van der Waals surface area contributed by atoms with E-state index in [0.29, 0.717) is 0 Å². The van der Waals surface area contributed by atoms with Crippen molar-refractivity contribution in [2.45, 2.75) is 53.1 Å². The van der Waals surface area contributed by atoms with E-state index >= 15 is 0 Å². The first kappa shape index (κ1) is 22.8. The van der Waals surface area contributed by atoms with Crippen molar-refractivity contribution in [3.63, 3.8) is 0 Å². The Bertz CT molecular complexity index is 964. The summed E-state index contributed by atoms with van der Waals surface area (Å²) in [5.41, 5.74) is 7.35. The van der Waals surface area contributed by atoms with Gasteiger partial charge in [-0.25, -0.2) is 9.78 Å². The Morgan fingerprint density at radius 2 is 1.74 bits per heavy atom. The van der Waals surface area contributed by atoms with E-state index in [-0.39, 0.29) is 0 Å². The van der Waals surface area contributed by atoms with Crippen LogP contribution in [-0.4, -0.2) is 40.3 Å². The normalized spacial score (nSPS) is 15.3. The van der Waals surface area contributed by atoms with E-state index in [1.807, 2.05) is 0 Å². The SMILES string of the molecule is Cc1cc(C)c(Nc2nc(C)c3c(n2)N(CC2CC2)CC3)c(C)c1.O=C(O)C(F)(F)F. The maximum atomic E-state index is 10.6. The molecule has 0 bridgehead atoms. The van der Waals surface area contributed by atoms with E-state index in [2.05, 4.69) is 50.0 Å². The summed E-state index contributed by atoms with van der Waals surface area (Å²) in [5.74, 6) is 0.0000332. The summed E-state index contributed by atoms with van der Waals surface area (Å²) in [5, 5.41) is 10.6. The second kappa shape index (κ2) is 8.72. The van der Waals surface area contributed by atoms with Gasteiger partial charge in [-0.1, -0.05) is 17.7 Å². The fourth-order valence-corrected chi connectivity index (χ4v) is 3.82. The summed E-state index contributed by atoms with van der Waals surface area (Å²) in [6.45, 7) is 10.8. The minimum Gasteiger partial charge on any atom is -0.475 e. The van der Waals surface area contributed by atoms with Crippen LogP contribution in [0, 0.1) is 33.6 Å². The van der Waals surface area contributed by atoms with Gasteiger partial charge < -0.3 is 15.3 Å². The minimum atomic E-state index is -5.08. The third-order valence-electron chi connectivity index (χ3n) is 5.46. The highest BCUT2D eigenvalue weighted by atomic mass is 19.4. The van der Waals surface area contributed by atoms with Crippen molar-refractivity contribution < 1.29 is 23.1 Å². The van der Waals surface area contributed by atoms with E-state index in [9.17, 15) is 13.2 Å². The number of aliphatic carboxylic acids is 1. The summed E-state index contributed by atoms with van der Waals surface area (Å²) < 4.78 is 31.7. The van der Waals surface area contributed by atoms with Gasteiger partial charge in [0.1, 0.15) is 5.82 Å². The number of rotatable bonds is 4. The summed E-state index contributed by atoms with van der Waals surface area (Å²) in [4.78, 5) is 21.0. The smallest absolute Gasteiger partial charge is 0.475 e. The highest BCUT2D eigenvalue weighted by Gasteiger charge is 2.38. The number of benzene rings is 1. The van der Waals surface area contributed by atoms with Gasteiger partial charge in [-0.15, -0.1) is 0 Å². The van der Waals surface area contributed by atoms with Crippen LogP contribution in [0.3, 0.4) is 0 Å². The van der Waals surface area contributed by atoms with Gasteiger partial charge in [-0.3, -0.25) is 0 Å². The van der Waals surface area contributed by atoms with Crippen molar-refractivity contribution in [2.24, 2.45) is 5.92 Å². The van der Waals surface area contributed by atoms with Crippen molar-refractivity contribution in [1.29, 1.82) is 0 Å². The van der Waals surface area contributed by atoms with Gasteiger partial charge in [0.15, 0.2) is 0 Å². The molecule has 0 atom stereocenters. The zero-order chi connectivity index (χ0) is 22.9. The van der Waals surface area contributed by atoms with Gasteiger partial charge in [0, 0.05) is 30.0 Å². The van der Waals surface area contributed by atoms with Gasteiger partial charge in [0.25, 0.3) is 0 Å². The highest BCUT2D eigenvalue weighted by molar-refractivity contribution is 5.73. The van der Waals surface area contributed by atoms with Gasteiger partial charge >= 0.3 is 12.1 Å². The molecule has 168 valence electrons. The van der Waals surface area contributed by atoms with Crippen LogP contribution in [0.2, 0.25) is 0 Å². The number of hydrogen-bond donors (Lipinski definition) is 2. The molecule has 1 saturated carbocycles. The van der Waals surface area contributed by atoms with Crippen LogP contribution in [0.15, 0.2) is 12.1 Å². The second-order valence-corrected chi connectivity index (χ2v) is 8.28. The molecule has 2 heterocycles. The molecule has 0 unspecified atom stereocenters. The molecule has 0 saturated heterocycles. The Hall–Kier alpha value is -2.84. The molecule has 1 aromatic heterocycles. The van der Waals surface area contributed by atoms with E-state index < -0.39 is 12.1 Å². The number of hydrogen-bond acceptors (Lipinski definition) is 5. The number of nitrogens with zero attached hydrogens (tertiary/aromatic N) is 3. The van der Waals surface area contributed by atoms with Crippen molar-refractivity contribution in [1.82, 2.24) is 9.97 Å². The van der Waals surface area contributed by atoms with Gasteiger partial charge in [0.05, 0.1) is 0 Å². The van der Waals surface area contributed by atoms with Crippen molar-refractivity contribution in [2.75, 3.05) is 23.3 Å². The Morgan fingerprint density at radius 3 is 2.26 bits per heavy atom. The molecule has 2 aromatic rings. The summed E-state index contributed by atoms with van der Waals surface area (Å²) in [6, 6.07) is 4.41. The summed E-state index contributed by atoms with van der Waals surface area (Å²) in [6.07, 6.45) is -1.25. The molecule has 1 aliphatic carbocycles. The average molecular weight is 436 g/mol. The summed E-state index contributed by atoms with van der Waals surface area (Å²) in [7, 11) is 0. The van der Waals surface area contributed by atoms with Crippen LogP contribution in [0.5, 0.6) is 0 Å². The zero-order valence-electron chi connectivity index (χ0n) is 18.1. The number of halogens is 3. The number of carboxylic acid groups (broad SMARTS) is 1. The van der Waals surface area contributed by atoms with E-state index in [1.54, 1.807) is 0 Å². The number of aryl methyl sites for hydroxylation is 4. The first-order valence-corrected chi connectivity index (χ1v) is 10.2. The standard InChI is InChI=1S/C20H26N4.C2HF3O2/c1-12-9-13(2)18(14(3)10-12)22-20-21-15(4)17-7-8-24(19(17)23-20)11-16-5-6-16;3-2(4,5)1(6)7/h9-10,16H,5-8,11H2,1-4H3,(H,21,22,23);(H,6,7). The summed E-state index contributed by atoms with van der Waals surface area (Å²) >= 11 is 0. The van der Waals surface area contributed by atoms with Crippen molar-refractivity contribution in [3.8, 4) is 0 Å². The maximum absolute atomic E-state index is 10.6. The molecule has 9 heteroatoms. The largest absolute Gasteiger partial charge is 0.490 e. The first-order chi connectivity index (χ1) is 14.5. The number of anilines is 3. The van der Waals surface area contributed by atoms with Gasteiger partial charge in [-0.05, 0) is 64.0 Å². The lowest BCUT2D eigenvalue weighted by molar-refractivity contribution is -0.192. The van der Waals surface area contributed by atoms with Crippen LogP contribution in [0.25, 0.3) is 0 Å². The fourth-order valence-electron chi connectivity index (χ4n) is 3.82. The van der Waals surface area contributed by atoms with E-state index in [1.165, 1.54) is 35.1 Å². The molecule has 2 aliphatic rings. The molecule has 31 heavy (non-hydrogen) atoms. The third-order valence-corrected chi connectivity index (χ3v) is 5.46. The van der Waals surface area contributed by atoms with Crippen LogP contribution in [0.1, 0.15) is 40.8 Å². The van der Waals surface area contributed by atoms with Crippen LogP contribution >= 0.6 is 0 Å². The lowest BCUT2D eigenvalue weighted by Gasteiger charge is -2.19. The molecular weight excluding hydrogens is 409 g/mol. The van der Waals surface area contributed by atoms with Crippen molar-refractivity contribution >= 4 is 23.4 Å². The Balaban J connectivity index is 0.000000339. The van der Waals surface area contributed by atoms with E-state index in [4.69, 9.17) is 19.9 Å². The maximum Gasteiger partial charge on any atom is 0.490 e. The van der Waals surface area contributed by atoms with E-state index in [0.717, 1.165) is 48.6 Å². The molecule has 0 amide bonds. The second-order valence-electron chi connectivity index (χ2n) is 8.28. The predicted molar refractivity (Wildman–Crippen MR) is 113 cm³/mol. The monoisotopic (exact) mass is 436 g/mol. The Kier molecular flexibility index (Phi) is 6.43. The molecule has 4 rings (SSSR count). The van der Waals surface area contributed by atoms with Crippen LogP contribution in [-0.2, 0) is 11.2 Å². The minimum absolute atomic E-state index is 0.726. The number of fused-ring (bicyclic) bond motifs is 1. The number of alkyl halides is 3. The Morgan fingerprint density at radius 1 is 1.16 bits per heavy atom. The molecule has 0 radical (unpaired) electrons. The fraction of sp³-hybridized carbons (Fsp3) is 0.500. The molecule has 1 aliphatic heterocycles. The average Bonchev–Trinajstić information content (AvgIpc) is 3.37.